The van der Waals surface area contributed by atoms with E-state index in [1.807, 2.05) is 0 Å². The first-order chi connectivity index (χ1) is 8.11. The van der Waals surface area contributed by atoms with Gasteiger partial charge in [-0.15, -0.1) is 0 Å². The molecular weight excluding hydrogens is 206 g/mol. The van der Waals surface area contributed by atoms with Crippen LogP contribution in [0.1, 0.15) is 51.2 Å². The summed E-state index contributed by atoms with van der Waals surface area (Å²) in [4.78, 5) is 0. The quantitative estimate of drug-likeness (QED) is 0.758. The predicted molar refractivity (Wildman–Crippen MR) is 76.2 cm³/mol. The SMILES string of the molecule is CCCCc1ccc(CC(C)CC(C)N)cc1. The third-order valence-corrected chi connectivity index (χ3v) is 3.20. The van der Waals surface area contributed by atoms with E-state index in [0.717, 1.165) is 12.8 Å². The van der Waals surface area contributed by atoms with Crippen LogP contribution in [0, 0.1) is 5.92 Å². The van der Waals surface area contributed by atoms with Crippen molar-refractivity contribution in [3.05, 3.63) is 35.4 Å². The summed E-state index contributed by atoms with van der Waals surface area (Å²) in [6.07, 6.45) is 6.03. The first-order valence-electron chi connectivity index (χ1n) is 6.95. The molecule has 0 amide bonds. The van der Waals surface area contributed by atoms with Gasteiger partial charge in [0.05, 0.1) is 0 Å². The zero-order valence-electron chi connectivity index (χ0n) is 11.6. The van der Waals surface area contributed by atoms with Gasteiger partial charge in [0.15, 0.2) is 0 Å². The van der Waals surface area contributed by atoms with Gasteiger partial charge in [0.2, 0.25) is 0 Å². The maximum atomic E-state index is 5.83. The van der Waals surface area contributed by atoms with Crippen molar-refractivity contribution in [2.45, 2.75) is 58.9 Å². The lowest BCUT2D eigenvalue weighted by molar-refractivity contribution is 0.480. The summed E-state index contributed by atoms with van der Waals surface area (Å²) in [5.41, 5.74) is 8.74. The molecule has 1 aromatic carbocycles. The molecular formula is C16H27N. The Morgan fingerprint density at radius 1 is 1.06 bits per heavy atom. The third-order valence-electron chi connectivity index (χ3n) is 3.20. The van der Waals surface area contributed by atoms with Crippen LogP contribution in [0.25, 0.3) is 0 Å². The van der Waals surface area contributed by atoms with E-state index in [0.29, 0.717) is 12.0 Å². The molecule has 0 bridgehead atoms. The van der Waals surface area contributed by atoms with Crippen molar-refractivity contribution in [3.63, 3.8) is 0 Å². The molecule has 1 aromatic rings. The Morgan fingerprint density at radius 3 is 2.18 bits per heavy atom. The highest BCUT2D eigenvalue weighted by molar-refractivity contribution is 5.23. The first-order valence-corrected chi connectivity index (χ1v) is 6.95. The standard InChI is InChI=1S/C16H27N/c1-4-5-6-15-7-9-16(10-8-15)12-13(2)11-14(3)17/h7-10,13-14H,4-6,11-12,17H2,1-3H3. The molecule has 2 N–H and O–H groups in total. The van der Waals surface area contributed by atoms with Gasteiger partial charge in [-0.1, -0.05) is 44.5 Å². The maximum absolute atomic E-state index is 5.83. The molecule has 0 aromatic heterocycles. The zero-order chi connectivity index (χ0) is 12.7. The molecule has 0 spiro atoms. The molecule has 2 unspecified atom stereocenters. The van der Waals surface area contributed by atoms with E-state index in [9.17, 15) is 0 Å². The van der Waals surface area contributed by atoms with E-state index < -0.39 is 0 Å². The molecule has 17 heavy (non-hydrogen) atoms. The van der Waals surface area contributed by atoms with Crippen molar-refractivity contribution in [1.29, 1.82) is 0 Å². The molecule has 1 nitrogen and oxygen atoms in total. The van der Waals surface area contributed by atoms with Crippen LogP contribution >= 0.6 is 0 Å². The average Bonchev–Trinajstić information content (AvgIpc) is 2.27. The Morgan fingerprint density at radius 2 is 1.65 bits per heavy atom. The second-order valence-electron chi connectivity index (χ2n) is 5.44. The maximum Gasteiger partial charge on any atom is 0.00131 e. The van der Waals surface area contributed by atoms with Gasteiger partial charge in [-0.2, -0.15) is 0 Å². The fourth-order valence-corrected chi connectivity index (χ4v) is 2.34. The van der Waals surface area contributed by atoms with Crippen molar-refractivity contribution < 1.29 is 0 Å². The summed E-state index contributed by atoms with van der Waals surface area (Å²) < 4.78 is 0. The van der Waals surface area contributed by atoms with Crippen molar-refractivity contribution in [2.24, 2.45) is 11.7 Å². The second kappa shape index (κ2) is 7.50. The van der Waals surface area contributed by atoms with Gasteiger partial charge in [0, 0.05) is 6.04 Å². The van der Waals surface area contributed by atoms with E-state index in [2.05, 4.69) is 45.0 Å². The lowest BCUT2D eigenvalue weighted by Gasteiger charge is -2.14. The van der Waals surface area contributed by atoms with Gasteiger partial charge in [-0.3, -0.25) is 0 Å². The fourth-order valence-electron chi connectivity index (χ4n) is 2.34. The van der Waals surface area contributed by atoms with Crippen molar-refractivity contribution in [2.75, 3.05) is 0 Å². The van der Waals surface area contributed by atoms with Crippen LogP contribution in [0.4, 0.5) is 0 Å². The number of unbranched alkanes of at least 4 members (excludes halogenated alkanes) is 1. The largest absolute Gasteiger partial charge is 0.328 e. The number of rotatable bonds is 7. The van der Waals surface area contributed by atoms with Crippen LogP contribution in [0.5, 0.6) is 0 Å². The lowest BCUT2D eigenvalue weighted by atomic mass is 9.94. The average molecular weight is 233 g/mol. The van der Waals surface area contributed by atoms with Crippen LogP contribution in [0.3, 0.4) is 0 Å². The van der Waals surface area contributed by atoms with Gasteiger partial charge in [-0.05, 0) is 49.7 Å². The van der Waals surface area contributed by atoms with Gasteiger partial charge in [0.25, 0.3) is 0 Å². The summed E-state index contributed by atoms with van der Waals surface area (Å²) in [5, 5.41) is 0. The molecule has 0 heterocycles. The number of benzene rings is 1. The van der Waals surface area contributed by atoms with E-state index >= 15 is 0 Å². The third kappa shape index (κ3) is 5.88. The summed E-state index contributed by atoms with van der Waals surface area (Å²) >= 11 is 0. The van der Waals surface area contributed by atoms with Crippen LogP contribution in [0.15, 0.2) is 24.3 Å². The topological polar surface area (TPSA) is 26.0 Å². The lowest BCUT2D eigenvalue weighted by Crippen LogP contribution is -2.19. The Bertz CT molecular complexity index is 300. The second-order valence-corrected chi connectivity index (χ2v) is 5.44. The van der Waals surface area contributed by atoms with Crippen molar-refractivity contribution in [1.82, 2.24) is 0 Å². The van der Waals surface area contributed by atoms with E-state index in [-0.39, 0.29) is 0 Å². The molecule has 0 aliphatic carbocycles. The Kier molecular flexibility index (Phi) is 6.28. The number of hydrogen-bond acceptors (Lipinski definition) is 1. The van der Waals surface area contributed by atoms with Crippen molar-refractivity contribution >= 4 is 0 Å². The number of nitrogens with two attached hydrogens (primary N) is 1. The van der Waals surface area contributed by atoms with Gasteiger partial charge in [0.1, 0.15) is 0 Å². The number of aryl methyl sites for hydroxylation is 1. The molecule has 96 valence electrons. The van der Waals surface area contributed by atoms with E-state index in [1.54, 1.807) is 0 Å². The molecule has 0 aliphatic heterocycles. The summed E-state index contributed by atoms with van der Waals surface area (Å²) in [7, 11) is 0. The molecule has 0 aliphatic rings. The molecule has 0 radical (unpaired) electrons. The Balaban J connectivity index is 2.44. The molecule has 1 rings (SSSR count). The van der Waals surface area contributed by atoms with Gasteiger partial charge < -0.3 is 5.73 Å². The van der Waals surface area contributed by atoms with Crippen LogP contribution in [0.2, 0.25) is 0 Å². The highest BCUT2D eigenvalue weighted by atomic mass is 14.6. The highest BCUT2D eigenvalue weighted by Crippen LogP contribution is 2.14. The molecule has 0 saturated heterocycles. The highest BCUT2D eigenvalue weighted by Gasteiger charge is 2.06. The minimum Gasteiger partial charge on any atom is -0.328 e. The molecule has 1 heteroatoms. The minimum atomic E-state index is 0.314. The van der Waals surface area contributed by atoms with Crippen molar-refractivity contribution in [3.8, 4) is 0 Å². The normalized spacial score (nSPS) is 14.6. The minimum absolute atomic E-state index is 0.314. The van der Waals surface area contributed by atoms with E-state index in [4.69, 9.17) is 5.73 Å². The predicted octanol–water partition coefficient (Wildman–Crippen LogP) is 3.95. The van der Waals surface area contributed by atoms with Gasteiger partial charge in [-0.25, -0.2) is 0 Å². The monoisotopic (exact) mass is 233 g/mol. The zero-order valence-corrected chi connectivity index (χ0v) is 11.6. The summed E-state index contributed by atoms with van der Waals surface area (Å²) in [6, 6.07) is 9.44. The Labute approximate surface area is 106 Å². The van der Waals surface area contributed by atoms with Crippen LogP contribution < -0.4 is 5.73 Å². The fraction of sp³-hybridized carbons (Fsp3) is 0.625. The number of hydrogen-bond donors (Lipinski definition) is 1. The van der Waals surface area contributed by atoms with Crippen LogP contribution in [-0.2, 0) is 12.8 Å². The van der Waals surface area contributed by atoms with Gasteiger partial charge >= 0.3 is 0 Å². The molecule has 0 fully saturated rings. The smallest absolute Gasteiger partial charge is 0.00131 e. The first kappa shape index (κ1) is 14.2. The van der Waals surface area contributed by atoms with Crippen LogP contribution in [-0.4, -0.2) is 6.04 Å². The summed E-state index contributed by atoms with van der Waals surface area (Å²) in [5.74, 6) is 0.677. The Hall–Kier alpha value is -0.820. The van der Waals surface area contributed by atoms with E-state index in [1.165, 1.54) is 30.4 Å². The molecule has 0 saturated carbocycles. The molecule has 2 atom stereocenters. The summed E-state index contributed by atoms with van der Waals surface area (Å²) in [6.45, 7) is 6.61.